The molecule has 1 atom stereocenters. The second-order valence-corrected chi connectivity index (χ2v) is 8.19. The molecule has 3 aromatic heterocycles. The third-order valence-corrected chi connectivity index (χ3v) is 6.06. The van der Waals surface area contributed by atoms with Crippen LogP contribution in [-0.4, -0.2) is 81.8 Å². The van der Waals surface area contributed by atoms with Crippen molar-refractivity contribution in [2.75, 3.05) is 57.8 Å². The topological polar surface area (TPSA) is 84.5 Å². The Bertz CT molecular complexity index is 984. The third kappa shape index (κ3) is 4.05. The molecule has 0 radical (unpaired) electrons. The lowest BCUT2D eigenvalue weighted by Crippen LogP contribution is -2.39. The predicted molar refractivity (Wildman–Crippen MR) is 116 cm³/mol. The van der Waals surface area contributed by atoms with Gasteiger partial charge in [0.15, 0.2) is 5.65 Å². The average Bonchev–Trinajstić information content (AvgIpc) is 3.41. The van der Waals surface area contributed by atoms with Crippen LogP contribution < -0.4 is 10.6 Å². The molecule has 2 N–H and O–H groups in total. The van der Waals surface area contributed by atoms with Crippen LogP contribution in [0.25, 0.3) is 16.8 Å². The summed E-state index contributed by atoms with van der Waals surface area (Å²) in [5.74, 6) is 1.43. The van der Waals surface area contributed by atoms with E-state index in [1.54, 1.807) is 0 Å². The third-order valence-electron chi connectivity index (χ3n) is 6.06. The molecule has 5 heterocycles. The van der Waals surface area contributed by atoms with Gasteiger partial charge in [0.1, 0.15) is 5.82 Å². The first kappa shape index (κ1) is 19.5. The zero-order valence-electron chi connectivity index (χ0n) is 17.5. The Balaban J connectivity index is 1.45. The quantitative estimate of drug-likeness (QED) is 0.634. The summed E-state index contributed by atoms with van der Waals surface area (Å²) in [6.45, 7) is 7.58. The highest BCUT2D eigenvalue weighted by molar-refractivity contribution is 5.77. The van der Waals surface area contributed by atoms with Gasteiger partial charge in [0.2, 0.25) is 0 Å². The molecule has 0 bridgehead atoms. The molecule has 2 saturated heterocycles. The van der Waals surface area contributed by atoms with Crippen molar-refractivity contribution in [2.24, 2.45) is 7.05 Å². The Morgan fingerprint density at radius 2 is 2.13 bits per heavy atom. The maximum atomic E-state index is 5.45. The minimum Gasteiger partial charge on any atom is -0.379 e. The summed E-state index contributed by atoms with van der Waals surface area (Å²) in [7, 11) is 1.93. The molecule has 0 amide bonds. The maximum absolute atomic E-state index is 5.45. The number of anilines is 1. The number of nitrogens with zero attached hydrogens (tertiary/aromatic N) is 6. The van der Waals surface area contributed by atoms with Gasteiger partial charge in [-0.25, -0.2) is 4.98 Å². The summed E-state index contributed by atoms with van der Waals surface area (Å²) >= 11 is 0. The fraction of sp³-hybridized carbons (Fsp3) is 0.571. The molecule has 2 fully saturated rings. The number of aromatic nitrogens is 5. The van der Waals surface area contributed by atoms with Gasteiger partial charge in [-0.3, -0.25) is 9.58 Å². The number of nitrogens with one attached hydrogen (secondary N) is 2. The van der Waals surface area contributed by atoms with Crippen molar-refractivity contribution in [3.05, 3.63) is 30.4 Å². The van der Waals surface area contributed by atoms with Crippen LogP contribution in [0.2, 0.25) is 0 Å². The van der Waals surface area contributed by atoms with Crippen LogP contribution in [0.4, 0.5) is 5.82 Å². The van der Waals surface area contributed by atoms with E-state index < -0.39 is 0 Å². The number of hydrogen-bond donors (Lipinski definition) is 2. The number of ether oxygens (including phenoxy) is 1. The molecule has 9 heteroatoms. The van der Waals surface area contributed by atoms with Crippen molar-refractivity contribution in [3.63, 3.8) is 0 Å². The molecule has 2 aliphatic heterocycles. The summed E-state index contributed by atoms with van der Waals surface area (Å²) in [6.07, 6.45) is 8.14. The van der Waals surface area contributed by atoms with Gasteiger partial charge in [0.25, 0.3) is 0 Å². The van der Waals surface area contributed by atoms with Crippen molar-refractivity contribution in [3.8, 4) is 11.1 Å². The van der Waals surface area contributed by atoms with E-state index in [0.717, 1.165) is 80.8 Å². The number of morpholine rings is 1. The summed E-state index contributed by atoms with van der Waals surface area (Å²) in [4.78, 5) is 7.50. The largest absolute Gasteiger partial charge is 0.379 e. The molecule has 2 aliphatic rings. The zero-order valence-corrected chi connectivity index (χ0v) is 17.5. The molecule has 0 aromatic carbocycles. The maximum Gasteiger partial charge on any atom is 0.165 e. The Hall–Kier alpha value is -2.49. The lowest BCUT2D eigenvalue weighted by Gasteiger charge is -2.27. The second-order valence-electron chi connectivity index (χ2n) is 8.19. The molecule has 30 heavy (non-hydrogen) atoms. The van der Waals surface area contributed by atoms with E-state index in [9.17, 15) is 0 Å². The van der Waals surface area contributed by atoms with Gasteiger partial charge in [0.05, 0.1) is 31.3 Å². The fourth-order valence-corrected chi connectivity index (χ4v) is 4.35. The Kier molecular flexibility index (Phi) is 5.65. The van der Waals surface area contributed by atoms with Crippen molar-refractivity contribution >= 4 is 11.5 Å². The number of piperidine rings is 1. The van der Waals surface area contributed by atoms with E-state index in [0.29, 0.717) is 5.92 Å². The standard InChI is InChI=1S/C21H30N8O/c1-27-15-17(13-24-27)18-14-25-29-20(23-5-6-28-7-9-30-10-8-28)11-19(26-21(18)29)16-3-2-4-22-12-16/h11,13-16,22-23H,2-10,12H2,1H3. The highest BCUT2D eigenvalue weighted by atomic mass is 16.5. The second kappa shape index (κ2) is 8.71. The molecule has 0 spiro atoms. The number of hydrogen-bond acceptors (Lipinski definition) is 7. The van der Waals surface area contributed by atoms with Crippen LogP contribution in [0, 0.1) is 0 Å². The van der Waals surface area contributed by atoms with Gasteiger partial charge in [-0.1, -0.05) is 0 Å². The fourth-order valence-electron chi connectivity index (χ4n) is 4.35. The lowest BCUT2D eigenvalue weighted by molar-refractivity contribution is 0.0398. The first-order chi connectivity index (χ1) is 14.8. The molecule has 3 aromatic rings. The Labute approximate surface area is 176 Å². The summed E-state index contributed by atoms with van der Waals surface area (Å²) in [5, 5.41) is 16.1. The van der Waals surface area contributed by atoms with Gasteiger partial charge >= 0.3 is 0 Å². The van der Waals surface area contributed by atoms with E-state index in [1.807, 2.05) is 34.8 Å². The average molecular weight is 411 g/mol. The summed E-state index contributed by atoms with van der Waals surface area (Å²) < 4.78 is 9.20. The molecule has 0 saturated carbocycles. The van der Waals surface area contributed by atoms with Gasteiger partial charge < -0.3 is 15.4 Å². The van der Waals surface area contributed by atoms with Crippen LogP contribution in [0.3, 0.4) is 0 Å². The molecule has 1 unspecified atom stereocenters. The van der Waals surface area contributed by atoms with Crippen molar-refractivity contribution in [2.45, 2.75) is 18.8 Å². The highest BCUT2D eigenvalue weighted by Gasteiger charge is 2.21. The van der Waals surface area contributed by atoms with Crippen LogP contribution >= 0.6 is 0 Å². The van der Waals surface area contributed by atoms with Gasteiger partial charge in [-0.15, -0.1) is 0 Å². The normalized spacial score (nSPS) is 20.6. The minimum absolute atomic E-state index is 0.431. The molecule has 5 rings (SSSR count). The Morgan fingerprint density at radius 3 is 2.90 bits per heavy atom. The monoisotopic (exact) mass is 410 g/mol. The van der Waals surface area contributed by atoms with E-state index in [2.05, 4.69) is 31.8 Å². The number of aryl methyl sites for hydroxylation is 1. The van der Waals surface area contributed by atoms with Gasteiger partial charge in [-0.2, -0.15) is 14.7 Å². The number of fused-ring (bicyclic) bond motifs is 1. The summed E-state index contributed by atoms with van der Waals surface area (Å²) in [6, 6.07) is 2.18. The smallest absolute Gasteiger partial charge is 0.165 e. The van der Waals surface area contributed by atoms with E-state index in [-0.39, 0.29) is 0 Å². The lowest BCUT2D eigenvalue weighted by atomic mass is 9.96. The van der Waals surface area contributed by atoms with Crippen LogP contribution in [0.1, 0.15) is 24.5 Å². The summed E-state index contributed by atoms with van der Waals surface area (Å²) in [5.41, 5.74) is 4.08. The van der Waals surface area contributed by atoms with E-state index in [4.69, 9.17) is 9.72 Å². The first-order valence-corrected chi connectivity index (χ1v) is 10.9. The molecule has 9 nitrogen and oxygen atoms in total. The highest BCUT2D eigenvalue weighted by Crippen LogP contribution is 2.29. The number of rotatable bonds is 6. The van der Waals surface area contributed by atoms with Crippen LogP contribution in [-0.2, 0) is 11.8 Å². The predicted octanol–water partition coefficient (Wildman–Crippen LogP) is 1.34. The molecule has 160 valence electrons. The van der Waals surface area contributed by atoms with Gasteiger partial charge in [0, 0.05) is 69.1 Å². The van der Waals surface area contributed by atoms with Crippen LogP contribution in [0.15, 0.2) is 24.7 Å². The zero-order chi connectivity index (χ0) is 20.3. The van der Waals surface area contributed by atoms with Crippen molar-refractivity contribution < 1.29 is 4.74 Å². The molecular weight excluding hydrogens is 380 g/mol. The SMILES string of the molecule is Cn1cc(-c2cnn3c(NCCN4CCOCC4)cc(C4CCCNC4)nc23)cn1. The molecule has 0 aliphatic carbocycles. The first-order valence-electron chi connectivity index (χ1n) is 10.9. The van der Waals surface area contributed by atoms with E-state index in [1.165, 1.54) is 12.8 Å². The Morgan fingerprint density at radius 1 is 1.23 bits per heavy atom. The van der Waals surface area contributed by atoms with Crippen LogP contribution in [0.5, 0.6) is 0 Å². The molecular formula is C21H30N8O. The van der Waals surface area contributed by atoms with Crippen molar-refractivity contribution in [1.29, 1.82) is 0 Å². The van der Waals surface area contributed by atoms with E-state index >= 15 is 0 Å². The minimum atomic E-state index is 0.431. The van der Waals surface area contributed by atoms with Crippen molar-refractivity contribution in [1.82, 2.24) is 34.6 Å². The van der Waals surface area contributed by atoms with Gasteiger partial charge in [-0.05, 0) is 19.4 Å².